The SMILES string of the molecule is CCC(N)CNC(=O)c1cc(=O)c2ccccc2o1. The second-order valence-corrected chi connectivity index (χ2v) is 4.35. The molecule has 1 amide bonds. The van der Waals surface area contributed by atoms with Crippen LogP contribution in [0.3, 0.4) is 0 Å². The van der Waals surface area contributed by atoms with Crippen molar-refractivity contribution in [2.45, 2.75) is 19.4 Å². The first-order valence-corrected chi connectivity index (χ1v) is 6.18. The molecule has 1 atom stereocenters. The fraction of sp³-hybridized carbons (Fsp3) is 0.286. The van der Waals surface area contributed by atoms with Crippen LogP contribution in [0.4, 0.5) is 0 Å². The lowest BCUT2D eigenvalue weighted by molar-refractivity contribution is 0.0924. The number of para-hydroxylation sites is 1. The molecule has 100 valence electrons. The Morgan fingerprint density at radius 2 is 2.16 bits per heavy atom. The Kier molecular flexibility index (Phi) is 3.97. The van der Waals surface area contributed by atoms with Crippen molar-refractivity contribution in [3.63, 3.8) is 0 Å². The third kappa shape index (κ3) is 3.00. The van der Waals surface area contributed by atoms with Crippen molar-refractivity contribution in [3.8, 4) is 0 Å². The van der Waals surface area contributed by atoms with E-state index in [1.54, 1.807) is 24.3 Å². The third-order valence-corrected chi connectivity index (χ3v) is 2.91. The predicted octanol–water partition coefficient (Wildman–Crippen LogP) is 1.26. The molecule has 0 radical (unpaired) electrons. The fourth-order valence-electron chi connectivity index (χ4n) is 1.67. The zero-order valence-electron chi connectivity index (χ0n) is 10.7. The normalized spacial score (nSPS) is 12.3. The van der Waals surface area contributed by atoms with Crippen LogP contribution in [0.5, 0.6) is 0 Å². The van der Waals surface area contributed by atoms with E-state index in [9.17, 15) is 9.59 Å². The monoisotopic (exact) mass is 260 g/mol. The van der Waals surface area contributed by atoms with Crippen LogP contribution in [-0.4, -0.2) is 18.5 Å². The minimum Gasteiger partial charge on any atom is -0.451 e. The minimum absolute atomic E-state index is 0.00648. The van der Waals surface area contributed by atoms with Crippen LogP contribution in [0.1, 0.15) is 23.9 Å². The minimum atomic E-state index is -0.424. The second-order valence-electron chi connectivity index (χ2n) is 4.35. The highest BCUT2D eigenvalue weighted by Gasteiger charge is 2.12. The fourth-order valence-corrected chi connectivity index (χ4v) is 1.67. The van der Waals surface area contributed by atoms with Gasteiger partial charge in [-0.1, -0.05) is 19.1 Å². The standard InChI is InChI=1S/C14H16N2O3/c1-2-9(15)8-16-14(18)13-7-11(17)10-5-3-4-6-12(10)19-13/h3-7,9H,2,8,15H2,1H3,(H,16,18). The quantitative estimate of drug-likeness (QED) is 0.866. The molecule has 2 aromatic rings. The summed E-state index contributed by atoms with van der Waals surface area (Å²) in [5, 5.41) is 3.11. The van der Waals surface area contributed by atoms with Crippen LogP contribution in [-0.2, 0) is 0 Å². The lowest BCUT2D eigenvalue weighted by Gasteiger charge is -2.09. The largest absolute Gasteiger partial charge is 0.451 e. The molecule has 0 saturated heterocycles. The molecule has 1 aromatic heterocycles. The van der Waals surface area contributed by atoms with E-state index in [-0.39, 0.29) is 17.2 Å². The van der Waals surface area contributed by atoms with E-state index in [2.05, 4.69) is 5.32 Å². The molecule has 2 rings (SSSR count). The molecule has 0 saturated carbocycles. The summed E-state index contributed by atoms with van der Waals surface area (Å²) in [7, 11) is 0. The van der Waals surface area contributed by atoms with E-state index in [4.69, 9.17) is 10.2 Å². The summed E-state index contributed by atoms with van der Waals surface area (Å²) in [6.07, 6.45) is 0.766. The number of hydrogen-bond acceptors (Lipinski definition) is 4. The number of benzene rings is 1. The molecule has 0 aliphatic heterocycles. The Balaban J connectivity index is 2.25. The zero-order valence-corrected chi connectivity index (χ0v) is 10.7. The Labute approximate surface area is 110 Å². The molecule has 1 aromatic carbocycles. The van der Waals surface area contributed by atoms with Gasteiger partial charge < -0.3 is 15.5 Å². The molecule has 5 heteroatoms. The molecule has 0 aliphatic rings. The van der Waals surface area contributed by atoms with Crippen LogP contribution in [0, 0.1) is 0 Å². The number of carbonyl (C=O) groups excluding carboxylic acids is 1. The first-order chi connectivity index (χ1) is 9.11. The molecule has 19 heavy (non-hydrogen) atoms. The Morgan fingerprint density at radius 1 is 1.42 bits per heavy atom. The van der Waals surface area contributed by atoms with Crippen LogP contribution < -0.4 is 16.5 Å². The van der Waals surface area contributed by atoms with E-state index in [0.717, 1.165) is 6.42 Å². The summed E-state index contributed by atoms with van der Waals surface area (Å²) in [5.41, 5.74) is 5.89. The maximum Gasteiger partial charge on any atom is 0.287 e. The van der Waals surface area contributed by atoms with Crippen molar-refractivity contribution in [1.82, 2.24) is 5.32 Å². The summed E-state index contributed by atoms with van der Waals surface area (Å²) in [5.74, 6) is -0.418. The highest BCUT2D eigenvalue weighted by Crippen LogP contribution is 2.11. The molecule has 1 unspecified atom stereocenters. The van der Waals surface area contributed by atoms with Gasteiger partial charge >= 0.3 is 0 Å². The van der Waals surface area contributed by atoms with Crippen molar-refractivity contribution in [2.24, 2.45) is 5.73 Å². The van der Waals surface area contributed by atoms with Gasteiger partial charge in [0, 0.05) is 18.7 Å². The first kappa shape index (κ1) is 13.3. The van der Waals surface area contributed by atoms with E-state index in [0.29, 0.717) is 17.5 Å². The number of fused-ring (bicyclic) bond motifs is 1. The average molecular weight is 260 g/mol. The topological polar surface area (TPSA) is 85.3 Å². The molecular weight excluding hydrogens is 244 g/mol. The van der Waals surface area contributed by atoms with Gasteiger partial charge in [0.05, 0.1) is 5.39 Å². The lowest BCUT2D eigenvalue weighted by Crippen LogP contribution is -2.36. The number of nitrogens with two attached hydrogens (primary N) is 1. The Hall–Kier alpha value is -2.14. The molecule has 1 heterocycles. The summed E-state index contributed by atoms with van der Waals surface area (Å²) < 4.78 is 5.42. The maximum atomic E-state index is 11.9. The lowest BCUT2D eigenvalue weighted by atomic mass is 10.2. The number of carbonyl (C=O) groups is 1. The van der Waals surface area contributed by atoms with Gasteiger partial charge in [-0.2, -0.15) is 0 Å². The summed E-state index contributed by atoms with van der Waals surface area (Å²) in [6.45, 7) is 2.29. The maximum absolute atomic E-state index is 11.9. The summed E-state index contributed by atoms with van der Waals surface area (Å²) in [6, 6.07) is 7.92. The molecule has 0 aliphatic carbocycles. The smallest absolute Gasteiger partial charge is 0.287 e. The zero-order chi connectivity index (χ0) is 13.8. The Morgan fingerprint density at radius 3 is 2.89 bits per heavy atom. The van der Waals surface area contributed by atoms with Gasteiger partial charge in [-0.15, -0.1) is 0 Å². The van der Waals surface area contributed by atoms with Crippen molar-refractivity contribution in [1.29, 1.82) is 0 Å². The second kappa shape index (κ2) is 5.67. The third-order valence-electron chi connectivity index (χ3n) is 2.91. The van der Waals surface area contributed by atoms with Crippen molar-refractivity contribution >= 4 is 16.9 Å². The van der Waals surface area contributed by atoms with E-state index < -0.39 is 5.91 Å². The van der Waals surface area contributed by atoms with Gasteiger partial charge in [0.1, 0.15) is 5.58 Å². The van der Waals surface area contributed by atoms with Crippen LogP contribution in [0.2, 0.25) is 0 Å². The average Bonchev–Trinajstić information content (AvgIpc) is 2.44. The highest BCUT2D eigenvalue weighted by atomic mass is 16.3. The number of nitrogens with one attached hydrogen (secondary N) is 1. The molecule has 0 fully saturated rings. The van der Waals surface area contributed by atoms with Gasteiger partial charge in [0.25, 0.3) is 5.91 Å². The van der Waals surface area contributed by atoms with Crippen molar-refractivity contribution in [3.05, 3.63) is 46.3 Å². The van der Waals surface area contributed by atoms with E-state index >= 15 is 0 Å². The first-order valence-electron chi connectivity index (χ1n) is 6.18. The molecule has 5 nitrogen and oxygen atoms in total. The molecule has 0 spiro atoms. The van der Waals surface area contributed by atoms with Gasteiger partial charge in [0.15, 0.2) is 11.2 Å². The summed E-state index contributed by atoms with van der Waals surface area (Å²) in [4.78, 5) is 23.7. The molecule has 3 N–H and O–H groups in total. The van der Waals surface area contributed by atoms with Crippen molar-refractivity contribution in [2.75, 3.05) is 6.54 Å². The van der Waals surface area contributed by atoms with Gasteiger partial charge in [-0.3, -0.25) is 9.59 Å². The van der Waals surface area contributed by atoms with Crippen molar-refractivity contribution < 1.29 is 9.21 Å². The number of amides is 1. The van der Waals surface area contributed by atoms with Gasteiger partial charge in [-0.05, 0) is 18.6 Å². The molecular formula is C14H16N2O3. The number of hydrogen-bond donors (Lipinski definition) is 2. The van der Waals surface area contributed by atoms with Crippen LogP contribution >= 0.6 is 0 Å². The van der Waals surface area contributed by atoms with E-state index in [1.807, 2.05) is 6.92 Å². The summed E-state index contributed by atoms with van der Waals surface area (Å²) >= 11 is 0. The number of rotatable bonds is 4. The van der Waals surface area contributed by atoms with Crippen LogP contribution in [0.15, 0.2) is 39.5 Å². The highest BCUT2D eigenvalue weighted by molar-refractivity contribution is 5.93. The molecule has 0 bridgehead atoms. The van der Waals surface area contributed by atoms with Gasteiger partial charge in [0.2, 0.25) is 0 Å². The van der Waals surface area contributed by atoms with Crippen LogP contribution in [0.25, 0.3) is 11.0 Å². The predicted molar refractivity (Wildman–Crippen MR) is 73.1 cm³/mol. The van der Waals surface area contributed by atoms with E-state index in [1.165, 1.54) is 6.07 Å². The Bertz CT molecular complexity index is 648. The van der Waals surface area contributed by atoms with Gasteiger partial charge in [-0.25, -0.2) is 0 Å².